The summed E-state index contributed by atoms with van der Waals surface area (Å²) in [7, 11) is 4.18. The SMILES string of the molecule is Cc1ccc([C@H]2[C@H](c3ccccn3)NC(=S)N2CCN(C)C)s1. The highest BCUT2D eigenvalue weighted by molar-refractivity contribution is 7.80. The minimum Gasteiger partial charge on any atom is -0.352 e. The summed E-state index contributed by atoms with van der Waals surface area (Å²) < 4.78 is 0. The number of nitrogens with one attached hydrogen (secondary N) is 1. The molecule has 0 amide bonds. The van der Waals surface area contributed by atoms with E-state index in [4.69, 9.17) is 12.2 Å². The second-order valence-electron chi connectivity index (χ2n) is 6.07. The molecule has 23 heavy (non-hydrogen) atoms. The molecule has 1 N–H and O–H groups in total. The van der Waals surface area contributed by atoms with Gasteiger partial charge < -0.3 is 15.1 Å². The Labute approximate surface area is 147 Å². The fourth-order valence-electron chi connectivity index (χ4n) is 2.88. The van der Waals surface area contributed by atoms with Gasteiger partial charge in [0.2, 0.25) is 0 Å². The fourth-order valence-corrected chi connectivity index (χ4v) is 4.24. The van der Waals surface area contributed by atoms with E-state index in [-0.39, 0.29) is 12.1 Å². The first kappa shape index (κ1) is 16.4. The lowest BCUT2D eigenvalue weighted by Gasteiger charge is -2.27. The molecule has 2 aromatic rings. The molecule has 3 rings (SSSR count). The van der Waals surface area contributed by atoms with E-state index < -0.39 is 0 Å². The smallest absolute Gasteiger partial charge is 0.170 e. The normalized spacial score (nSPS) is 21.0. The number of aromatic nitrogens is 1. The average molecular weight is 347 g/mol. The van der Waals surface area contributed by atoms with Gasteiger partial charge in [-0.05, 0) is 57.5 Å². The van der Waals surface area contributed by atoms with E-state index in [1.807, 2.05) is 29.7 Å². The Hall–Kier alpha value is -1.50. The summed E-state index contributed by atoms with van der Waals surface area (Å²) in [5, 5.41) is 4.30. The van der Waals surface area contributed by atoms with Crippen molar-refractivity contribution in [3.63, 3.8) is 0 Å². The van der Waals surface area contributed by atoms with E-state index in [1.165, 1.54) is 9.75 Å². The Kier molecular flexibility index (Phi) is 4.94. The maximum atomic E-state index is 5.63. The monoisotopic (exact) mass is 346 g/mol. The lowest BCUT2D eigenvalue weighted by molar-refractivity contribution is 0.280. The number of likely N-dealkylation sites (N-methyl/N-ethyl adjacent to an activating group) is 1. The van der Waals surface area contributed by atoms with Gasteiger partial charge in [-0.2, -0.15) is 0 Å². The van der Waals surface area contributed by atoms with Crippen LogP contribution in [0.1, 0.15) is 27.5 Å². The van der Waals surface area contributed by atoms with Crippen LogP contribution in [-0.4, -0.2) is 47.1 Å². The first-order chi connectivity index (χ1) is 11.1. The first-order valence-corrected chi connectivity index (χ1v) is 8.98. The molecule has 0 bridgehead atoms. The molecule has 0 saturated carbocycles. The molecule has 6 heteroatoms. The largest absolute Gasteiger partial charge is 0.352 e. The summed E-state index contributed by atoms with van der Waals surface area (Å²) >= 11 is 7.47. The maximum Gasteiger partial charge on any atom is 0.170 e. The van der Waals surface area contributed by atoms with Crippen molar-refractivity contribution in [3.8, 4) is 0 Å². The molecule has 122 valence electrons. The van der Waals surface area contributed by atoms with Crippen LogP contribution >= 0.6 is 23.6 Å². The fraction of sp³-hybridized carbons (Fsp3) is 0.412. The summed E-state index contributed by atoms with van der Waals surface area (Å²) in [6.07, 6.45) is 1.85. The highest BCUT2D eigenvalue weighted by Gasteiger charge is 2.40. The zero-order valence-electron chi connectivity index (χ0n) is 13.7. The number of aryl methyl sites for hydroxylation is 1. The highest BCUT2D eigenvalue weighted by atomic mass is 32.1. The molecule has 0 radical (unpaired) electrons. The van der Waals surface area contributed by atoms with Crippen molar-refractivity contribution in [2.45, 2.75) is 19.0 Å². The molecule has 1 aliphatic rings. The minimum atomic E-state index is 0.101. The minimum absolute atomic E-state index is 0.101. The Morgan fingerprint density at radius 3 is 2.74 bits per heavy atom. The van der Waals surface area contributed by atoms with E-state index in [2.05, 4.69) is 59.3 Å². The van der Waals surface area contributed by atoms with E-state index in [9.17, 15) is 0 Å². The molecule has 2 aromatic heterocycles. The van der Waals surface area contributed by atoms with Gasteiger partial charge >= 0.3 is 0 Å². The number of thiocarbonyl (C=S) groups is 1. The summed E-state index contributed by atoms with van der Waals surface area (Å²) in [6, 6.07) is 10.8. The Morgan fingerprint density at radius 1 is 1.30 bits per heavy atom. The Morgan fingerprint density at radius 2 is 2.13 bits per heavy atom. The van der Waals surface area contributed by atoms with Crippen LogP contribution in [0.2, 0.25) is 0 Å². The van der Waals surface area contributed by atoms with E-state index in [1.54, 1.807) is 0 Å². The Bertz CT molecular complexity index is 668. The molecule has 0 aromatic carbocycles. The summed E-state index contributed by atoms with van der Waals surface area (Å²) in [5.41, 5.74) is 1.04. The third kappa shape index (κ3) is 3.54. The van der Waals surface area contributed by atoms with Crippen molar-refractivity contribution < 1.29 is 0 Å². The van der Waals surface area contributed by atoms with Crippen molar-refractivity contribution in [1.29, 1.82) is 0 Å². The van der Waals surface area contributed by atoms with Crippen molar-refractivity contribution >= 4 is 28.7 Å². The third-order valence-corrected chi connectivity index (χ3v) is 5.46. The van der Waals surface area contributed by atoms with Gasteiger partial charge in [0.1, 0.15) is 0 Å². The van der Waals surface area contributed by atoms with Gasteiger partial charge in [0.25, 0.3) is 0 Å². The van der Waals surface area contributed by atoms with Crippen LogP contribution in [0.3, 0.4) is 0 Å². The van der Waals surface area contributed by atoms with Gasteiger partial charge in [-0.1, -0.05) is 6.07 Å². The summed E-state index contributed by atoms with van der Waals surface area (Å²) in [5.74, 6) is 0. The molecule has 0 unspecified atom stereocenters. The van der Waals surface area contributed by atoms with Crippen molar-refractivity contribution in [2.24, 2.45) is 0 Å². The van der Waals surface area contributed by atoms with Gasteiger partial charge in [0.15, 0.2) is 5.11 Å². The van der Waals surface area contributed by atoms with Crippen molar-refractivity contribution in [1.82, 2.24) is 20.1 Å². The van der Waals surface area contributed by atoms with Crippen LogP contribution in [0.25, 0.3) is 0 Å². The second kappa shape index (κ2) is 6.95. The maximum absolute atomic E-state index is 5.63. The topological polar surface area (TPSA) is 31.4 Å². The van der Waals surface area contributed by atoms with Crippen LogP contribution < -0.4 is 5.32 Å². The molecule has 3 heterocycles. The van der Waals surface area contributed by atoms with Gasteiger partial charge in [0, 0.05) is 29.0 Å². The Balaban J connectivity index is 1.94. The van der Waals surface area contributed by atoms with Gasteiger partial charge in [-0.15, -0.1) is 11.3 Å². The molecule has 0 aliphatic carbocycles. The number of pyridine rings is 1. The molecule has 1 fully saturated rings. The van der Waals surface area contributed by atoms with Crippen molar-refractivity contribution in [3.05, 3.63) is 52.0 Å². The standard InChI is InChI=1S/C17H22N4S2/c1-12-7-8-14(23-12)16-15(13-6-4-5-9-18-13)19-17(22)21(16)11-10-20(2)3/h4-9,15-16H,10-11H2,1-3H3,(H,19,22)/t15-,16-/m0/s1. The zero-order valence-corrected chi connectivity index (χ0v) is 15.3. The lowest BCUT2D eigenvalue weighted by atomic mass is 10.0. The molecule has 0 spiro atoms. The number of thiophene rings is 1. The van der Waals surface area contributed by atoms with Crippen LogP contribution in [0.15, 0.2) is 36.5 Å². The zero-order chi connectivity index (χ0) is 16.4. The molecular formula is C17H22N4S2. The molecule has 4 nitrogen and oxygen atoms in total. The average Bonchev–Trinajstić information content (AvgIpc) is 3.09. The van der Waals surface area contributed by atoms with Crippen LogP contribution in [0, 0.1) is 6.92 Å². The number of hydrogen-bond acceptors (Lipinski definition) is 4. The number of nitrogens with zero attached hydrogens (tertiary/aromatic N) is 3. The third-order valence-electron chi connectivity index (χ3n) is 4.04. The molecule has 1 saturated heterocycles. The second-order valence-corrected chi connectivity index (χ2v) is 7.78. The van der Waals surface area contributed by atoms with Crippen LogP contribution in [-0.2, 0) is 0 Å². The summed E-state index contributed by atoms with van der Waals surface area (Å²) in [4.78, 5) is 11.7. The number of rotatable bonds is 5. The first-order valence-electron chi connectivity index (χ1n) is 7.75. The quantitative estimate of drug-likeness (QED) is 0.841. The predicted octanol–water partition coefficient (Wildman–Crippen LogP) is 2.99. The number of hydrogen-bond donors (Lipinski definition) is 1. The summed E-state index contributed by atoms with van der Waals surface area (Å²) in [6.45, 7) is 4.02. The predicted molar refractivity (Wildman–Crippen MR) is 99.8 cm³/mol. The molecule has 2 atom stereocenters. The van der Waals surface area contributed by atoms with E-state index >= 15 is 0 Å². The van der Waals surface area contributed by atoms with E-state index in [0.29, 0.717) is 0 Å². The van der Waals surface area contributed by atoms with Gasteiger partial charge in [0.05, 0.1) is 17.8 Å². The van der Waals surface area contributed by atoms with E-state index in [0.717, 1.165) is 23.9 Å². The van der Waals surface area contributed by atoms with Gasteiger partial charge in [-0.3, -0.25) is 4.98 Å². The molecular weight excluding hydrogens is 324 g/mol. The van der Waals surface area contributed by atoms with Crippen molar-refractivity contribution in [2.75, 3.05) is 27.2 Å². The van der Waals surface area contributed by atoms with Crippen LogP contribution in [0.5, 0.6) is 0 Å². The lowest BCUT2D eigenvalue weighted by Crippen LogP contribution is -2.35. The molecule has 1 aliphatic heterocycles. The van der Waals surface area contributed by atoms with Gasteiger partial charge in [-0.25, -0.2) is 0 Å². The van der Waals surface area contributed by atoms with Crippen LogP contribution in [0.4, 0.5) is 0 Å². The highest BCUT2D eigenvalue weighted by Crippen LogP contribution is 2.40.